The SMILES string of the molecule is Cc1cccc(CN2CCN(C=CC(=O)c3cccc(OC(F)F)c3)CC2)c1. The minimum atomic E-state index is -2.91. The molecular weight excluding hydrogens is 362 g/mol. The van der Waals surface area contributed by atoms with Gasteiger partial charge < -0.3 is 9.64 Å². The average molecular weight is 386 g/mol. The van der Waals surface area contributed by atoms with Crippen LogP contribution in [0.2, 0.25) is 0 Å². The summed E-state index contributed by atoms with van der Waals surface area (Å²) in [5.41, 5.74) is 2.90. The van der Waals surface area contributed by atoms with E-state index in [2.05, 4.69) is 45.7 Å². The molecule has 0 radical (unpaired) electrons. The first-order valence-corrected chi connectivity index (χ1v) is 9.29. The van der Waals surface area contributed by atoms with Crippen LogP contribution in [0.25, 0.3) is 0 Å². The minimum absolute atomic E-state index is 0.0148. The fourth-order valence-corrected chi connectivity index (χ4v) is 3.23. The van der Waals surface area contributed by atoms with Crippen LogP contribution in [0.5, 0.6) is 5.75 Å². The van der Waals surface area contributed by atoms with Crippen LogP contribution in [-0.2, 0) is 6.54 Å². The molecule has 0 aliphatic carbocycles. The maximum atomic E-state index is 12.3. The number of benzene rings is 2. The van der Waals surface area contributed by atoms with E-state index in [0.29, 0.717) is 5.56 Å². The number of carbonyl (C=O) groups excluding carboxylic acids is 1. The van der Waals surface area contributed by atoms with Crippen LogP contribution in [0.4, 0.5) is 8.78 Å². The minimum Gasteiger partial charge on any atom is -0.435 e. The standard InChI is InChI=1S/C22H24F2N2O2/c1-17-4-2-5-18(14-17)16-26-12-10-25(11-13-26)9-8-21(27)19-6-3-7-20(15-19)28-22(23)24/h2-9,14-15,22H,10-13,16H2,1H3. The maximum absolute atomic E-state index is 12.3. The van der Waals surface area contributed by atoms with Crippen molar-refractivity contribution in [1.29, 1.82) is 0 Å². The molecule has 0 bridgehead atoms. The second-order valence-corrected chi connectivity index (χ2v) is 6.89. The first kappa shape index (κ1) is 20.0. The van der Waals surface area contributed by atoms with Crippen LogP contribution in [0, 0.1) is 6.92 Å². The van der Waals surface area contributed by atoms with Crippen LogP contribution < -0.4 is 4.74 Å². The highest BCUT2D eigenvalue weighted by Gasteiger charge is 2.15. The first-order chi connectivity index (χ1) is 13.5. The molecular formula is C22H24F2N2O2. The lowest BCUT2D eigenvalue weighted by Crippen LogP contribution is -2.43. The molecule has 0 saturated carbocycles. The van der Waals surface area contributed by atoms with Crippen LogP contribution in [-0.4, -0.2) is 48.4 Å². The van der Waals surface area contributed by atoms with Gasteiger partial charge in [0, 0.05) is 50.6 Å². The topological polar surface area (TPSA) is 32.8 Å². The van der Waals surface area contributed by atoms with Gasteiger partial charge in [0.05, 0.1) is 0 Å². The van der Waals surface area contributed by atoms with Crippen molar-refractivity contribution in [3.63, 3.8) is 0 Å². The number of ether oxygens (including phenoxy) is 1. The second-order valence-electron chi connectivity index (χ2n) is 6.89. The van der Waals surface area contributed by atoms with Crippen LogP contribution in [0.15, 0.2) is 60.8 Å². The molecule has 0 spiro atoms. The van der Waals surface area contributed by atoms with E-state index in [1.54, 1.807) is 12.3 Å². The number of ketones is 1. The fourth-order valence-electron chi connectivity index (χ4n) is 3.23. The third-order valence-electron chi connectivity index (χ3n) is 4.68. The van der Waals surface area contributed by atoms with Crippen molar-refractivity contribution in [3.8, 4) is 5.75 Å². The Kier molecular flexibility index (Phi) is 6.76. The van der Waals surface area contributed by atoms with Gasteiger partial charge in [0.1, 0.15) is 5.75 Å². The summed E-state index contributed by atoms with van der Waals surface area (Å²) >= 11 is 0. The molecule has 2 aromatic carbocycles. The van der Waals surface area contributed by atoms with E-state index in [-0.39, 0.29) is 11.5 Å². The summed E-state index contributed by atoms with van der Waals surface area (Å²) in [4.78, 5) is 16.8. The van der Waals surface area contributed by atoms with Crippen LogP contribution >= 0.6 is 0 Å². The highest BCUT2D eigenvalue weighted by molar-refractivity contribution is 6.04. The van der Waals surface area contributed by atoms with Gasteiger partial charge >= 0.3 is 6.61 Å². The highest BCUT2D eigenvalue weighted by atomic mass is 19.3. The van der Waals surface area contributed by atoms with Crippen molar-refractivity contribution in [2.45, 2.75) is 20.1 Å². The van der Waals surface area contributed by atoms with Gasteiger partial charge in [-0.25, -0.2) is 0 Å². The molecule has 0 aromatic heterocycles. The Morgan fingerprint density at radius 3 is 2.57 bits per heavy atom. The largest absolute Gasteiger partial charge is 0.435 e. The van der Waals surface area contributed by atoms with E-state index in [4.69, 9.17) is 0 Å². The normalized spacial score (nSPS) is 15.4. The predicted molar refractivity (Wildman–Crippen MR) is 105 cm³/mol. The van der Waals surface area contributed by atoms with E-state index in [1.165, 1.54) is 35.4 Å². The van der Waals surface area contributed by atoms with Crippen molar-refractivity contribution < 1.29 is 18.3 Å². The molecule has 1 fully saturated rings. The molecule has 0 atom stereocenters. The lowest BCUT2D eigenvalue weighted by Gasteiger charge is -2.34. The lowest BCUT2D eigenvalue weighted by atomic mass is 10.1. The lowest BCUT2D eigenvalue weighted by molar-refractivity contribution is -0.0498. The van der Waals surface area contributed by atoms with E-state index in [9.17, 15) is 13.6 Å². The third-order valence-corrected chi connectivity index (χ3v) is 4.68. The van der Waals surface area contributed by atoms with Gasteiger partial charge in [-0.15, -0.1) is 0 Å². The Morgan fingerprint density at radius 1 is 1.11 bits per heavy atom. The predicted octanol–water partition coefficient (Wildman–Crippen LogP) is 4.11. The van der Waals surface area contributed by atoms with Crippen LogP contribution in [0.1, 0.15) is 21.5 Å². The van der Waals surface area contributed by atoms with Crippen LogP contribution in [0.3, 0.4) is 0 Å². The van der Waals surface area contributed by atoms with E-state index in [1.807, 2.05) is 0 Å². The van der Waals surface area contributed by atoms with Crippen molar-refractivity contribution in [2.75, 3.05) is 26.2 Å². The summed E-state index contributed by atoms with van der Waals surface area (Å²) in [6, 6.07) is 14.4. The van der Waals surface area contributed by atoms with Crippen molar-refractivity contribution in [1.82, 2.24) is 9.80 Å². The molecule has 28 heavy (non-hydrogen) atoms. The number of nitrogens with zero attached hydrogens (tertiary/aromatic N) is 2. The van der Waals surface area contributed by atoms with E-state index in [0.717, 1.165) is 32.7 Å². The van der Waals surface area contributed by atoms with Gasteiger partial charge in [-0.1, -0.05) is 42.0 Å². The molecule has 2 aromatic rings. The van der Waals surface area contributed by atoms with E-state index >= 15 is 0 Å². The van der Waals surface area contributed by atoms with Gasteiger partial charge in [-0.3, -0.25) is 9.69 Å². The number of hydrogen-bond acceptors (Lipinski definition) is 4. The third kappa shape index (κ3) is 5.89. The summed E-state index contributed by atoms with van der Waals surface area (Å²) < 4.78 is 28.9. The summed E-state index contributed by atoms with van der Waals surface area (Å²) in [7, 11) is 0. The highest BCUT2D eigenvalue weighted by Crippen LogP contribution is 2.17. The Morgan fingerprint density at radius 2 is 1.86 bits per heavy atom. The quantitative estimate of drug-likeness (QED) is 0.530. The monoisotopic (exact) mass is 386 g/mol. The molecule has 3 rings (SSSR count). The van der Waals surface area contributed by atoms with Gasteiger partial charge in [0.25, 0.3) is 0 Å². The molecule has 1 aliphatic rings. The molecule has 1 heterocycles. The number of carbonyl (C=O) groups is 1. The molecule has 6 heteroatoms. The molecule has 1 aliphatic heterocycles. The summed E-state index contributed by atoms with van der Waals surface area (Å²) in [6.45, 7) is 3.63. The Labute approximate surface area is 164 Å². The number of allylic oxidation sites excluding steroid dienone is 1. The van der Waals surface area contributed by atoms with E-state index < -0.39 is 6.61 Å². The van der Waals surface area contributed by atoms with Crippen molar-refractivity contribution in [2.24, 2.45) is 0 Å². The molecule has 4 nitrogen and oxygen atoms in total. The zero-order valence-corrected chi connectivity index (χ0v) is 15.9. The molecule has 148 valence electrons. The fraction of sp³-hybridized carbons (Fsp3) is 0.318. The number of hydrogen-bond donors (Lipinski definition) is 0. The molecule has 0 N–H and O–H groups in total. The Balaban J connectivity index is 1.50. The van der Waals surface area contributed by atoms with Gasteiger partial charge in [-0.2, -0.15) is 8.78 Å². The maximum Gasteiger partial charge on any atom is 0.387 e. The van der Waals surface area contributed by atoms with Gasteiger partial charge in [-0.05, 0) is 24.6 Å². The molecule has 1 saturated heterocycles. The number of halogens is 2. The first-order valence-electron chi connectivity index (χ1n) is 9.29. The Bertz CT molecular complexity index is 831. The zero-order valence-electron chi connectivity index (χ0n) is 15.9. The number of rotatable bonds is 7. The van der Waals surface area contributed by atoms with Crippen molar-refractivity contribution >= 4 is 5.78 Å². The summed E-state index contributed by atoms with van der Waals surface area (Å²) in [5, 5.41) is 0. The smallest absolute Gasteiger partial charge is 0.387 e. The second kappa shape index (κ2) is 9.46. The number of alkyl halides is 2. The molecule has 0 unspecified atom stereocenters. The summed E-state index contributed by atoms with van der Waals surface area (Å²) in [5.74, 6) is -0.249. The average Bonchev–Trinajstić information content (AvgIpc) is 2.67. The number of aryl methyl sites for hydroxylation is 1. The van der Waals surface area contributed by atoms with Gasteiger partial charge in [0.2, 0.25) is 0 Å². The van der Waals surface area contributed by atoms with Crippen molar-refractivity contribution in [3.05, 3.63) is 77.5 Å². The zero-order chi connectivity index (χ0) is 19.9. The Hall–Kier alpha value is -2.73. The molecule has 0 amide bonds. The summed E-state index contributed by atoms with van der Waals surface area (Å²) in [6.07, 6.45) is 3.27. The number of piperazine rings is 1. The van der Waals surface area contributed by atoms with Gasteiger partial charge in [0.15, 0.2) is 5.78 Å².